The number of rotatable bonds is 5. The molecule has 1 fully saturated rings. The molecular formula is C15H24FN3S. The molecule has 3 atom stereocenters. The lowest BCUT2D eigenvalue weighted by Crippen LogP contribution is -2.41. The fraction of sp³-hybridized carbons (Fsp3) is 0.667. The number of nitrogens with one attached hydrogen (secondary N) is 1. The third-order valence-corrected chi connectivity index (χ3v) is 4.91. The topological polar surface area (TPSA) is 28.2 Å². The Bertz CT molecular complexity index is 402. The van der Waals surface area contributed by atoms with Crippen LogP contribution in [-0.2, 0) is 0 Å². The molecule has 1 aliphatic heterocycles. The minimum absolute atomic E-state index is 0.191. The Hall–Kier alpha value is -0.650. The van der Waals surface area contributed by atoms with Crippen molar-refractivity contribution >= 4 is 11.8 Å². The van der Waals surface area contributed by atoms with Crippen molar-refractivity contribution < 1.29 is 4.39 Å². The molecule has 20 heavy (non-hydrogen) atoms. The lowest BCUT2D eigenvalue weighted by Gasteiger charge is -2.35. The maximum atomic E-state index is 12.9. The van der Waals surface area contributed by atoms with Gasteiger partial charge in [-0.05, 0) is 25.6 Å². The van der Waals surface area contributed by atoms with E-state index < -0.39 is 0 Å². The molecule has 0 aromatic carbocycles. The van der Waals surface area contributed by atoms with Gasteiger partial charge in [0.05, 0.1) is 17.9 Å². The van der Waals surface area contributed by atoms with E-state index >= 15 is 0 Å². The summed E-state index contributed by atoms with van der Waals surface area (Å²) in [7, 11) is 1.94. The molecule has 0 radical (unpaired) electrons. The Morgan fingerprint density at radius 1 is 1.40 bits per heavy atom. The zero-order chi connectivity index (χ0) is 14.5. The summed E-state index contributed by atoms with van der Waals surface area (Å²) in [6.07, 6.45) is 2.29. The number of pyridine rings is 1. The van der Waals surface area contributed by atoms with E-state index in [1.165, 1.54) is 12.3 Å². The van der Waals surface area contributed by atoms with Crippen molar-refractivity contribution in [3.05, 3.63) is 29.8 Å². The number of hydrogen-bond acceptors (Lipinski definition) is 4. The zero-order valence-corrected chi connectivity index (χ0v) is 13.3. The van der Waals surface area contributed by atoms with Crippen molar-refractivity contribution in [2.45, 2.75) is 36.8 Å². The van der Waals surface area contributed by atoms with Crippen LogP contribution in [0.2, 0.25) is 0 Å². The molecule has 2 rings (SSSR count). The maximum absolute atomic E-state index is 12.9. The molecule has 112 valence electrons. The third-order valence-electron chi connectivity index (χ3n) is 3.68. The van der Waals surface area contributed by atoms with Gasteiger partial charge in [-0.3, -0.25) is 4.98 Å². The van der Waals surface area contributed by atoms with Gasteiger partial charge < -0.3 is 10.2 Å². The molecular weight excluding hydrogens is 273 g/mol. The summed E-state index contributed by atoms with van der Waals surface area (Å²) >= 11 is 2.07. The summed E-state index contributed by atoms with van der Waals surface area (Å²) < 4.78 is 12.9. The van der Waals surface area contributed by atoms with Gasteiger partial charge in [0.25, 0.3) is 0 Å². The molecule has 5 heteroatoms. The maximum Gasteiger partial charge on any atom is 0.141 e. The van der Waals surface area contributed by atoms with Crippen LogP contribution in [0.1, 0.15) is 32.0 Å². The Morgan fingerprint density at radius 2 is 2.10 bits per heavy atom. The molecule has 1 saturated heterocycles. The summed E-state index contributed by atoms with van der Waals surface area (Å²) in [5.74, 6) is -0.278. The highest BCUT2D eigenvalue weighted by Gasteiger charge is 2.23. The van der Waals surface area contributed by atoms with Crippen LogP contribution in [0.5, 0.6) is 0 Å². The lowest BCUT2D eigenvalue weighted by molar-refractivity contribution is 0.255. The molecule has 0 bridgehead atoms. The second-order valence-corrected chi connectivity index (χ2v) is 7.43. The predicted molar refractivity (Wildman–Crippen MR) is 83.6 cm³/mol. The van der Waals surface area contributed by atoms with Crippen molar-refractivity contribution in [3.8, 4) is 0 Å². The molecule has 0 saturated carbocycles. The van der Waals surface area contributed by atoms with Crippen molar-refractivity contribution in [1.29, 1.82) is 0 Å². The van der Waals surface area contributed by atoms with Crippen LogP contribution >= 0.6 is 11.8 Å². The molecule has 0 aliphatic carbocycles. The van der Waals surface area contributed by atoms with E-state index in [2.05, 4.69) is 40.8 Å². The minimum Gasteiger partial charge on any atom is -0.312 e. The van der Waals surface area contributed by atoms with Crippen LogP contribution in [0.15, 0.2) is 18.3 Å². The molecule has 2 heterocycles. The molecule has 0 amide bonds. The molecule has 1 aromatic heterocycles. The van der Waals surface area contributed by atoms with Crippen molar-refractivity contribution in [2.75, 3.05) is 26.7 Å². The normalized spacial score (nSPS) is 25.6. The van der Waals surface area contributed by atoms with Crippen molar-refractivity contribution in [1.82, 2.24) is 15.2 Å². The highest BCUT2D eigenvalue weighted by atomic mass is 32.2. The van der Waals surface area contributed by atoms with Gasteiger partial charge in [0.1, 0.15) is 5.82 Å². The van der Waals surface area contributed by atoms with E-state index in [0.29, 0.717) is 10.5 Å². The van der Waals surface area contributed by atoms with Crippen LogP contribution in [-0.4, -0.2) is 47.1 Å². The third kappa shape index (κ3) is 4.43. The van der Waals surface area contributed by atoms with Gasteiger partial charge in [-0.15, -0.1) is 0 Å². The fourth-order valence-corrected chi connectivity index (χ4v) is 4.20. The van der Waals surface area contributed by atoms with Gasteiger partial charge in [-0.1, -0.05) is 13.8 Å². The minimum atomic E-state index is -0.278. The van der Waals surface area contributed by atoms with Gasteiger partial charge in [0.2, 0.25) is 0 Å². The second kappa shape index (κ2) is 7.38. The summed E-state index contributed by atoms with van der Waals surface area (Å²) in [4.78, 5) is 6.71. The average Bonchev–Trinajstić information content (AvgIpc) is 2.40. The first-order valence-corrected chi connectivity index (χ1v) is 8.19. The largest absolute Gasteiger partial charge is 0.312 e. The summed E-state index contributed by atoms with van der Waals surface area (Å²) in [5.41, 5.74) is 0.918. The van der Waals surface area contributed by atoms with E-state index in [0.717, 1.165) is 31.7 Å². The summed E-state index contributed by atoms with van der Waals surface area (Å²) in [6, 6.07) is 3.44. The molecule has 1 aromatic rings. The molecule has 3 nitrogen and oxygen atoms in total. The zero-order valence-electron chi connectivity index (χ0n) is 12.5. The first-order valence-electron chi connectivity index (χ1n) is 7.25. The molecule has 3 unspecified atom stereocenters. The SMILES string of the molecule is CNC(CCN1CC(C)SC(C)C1)c1ccc(F)cn1. The second-order valence-electron chi connectivity index (χ2n) is 5.55. The quantitative estimate of drug-likeness (QED) is 0.904. The van der Waals surface area contributed by atoms with Crippen LogP contribution in [0.25, 0.3) is 0 Å². The van der Waals surface area contributed by atoms with E-state index in [1.807, 2.05) is 7.05 Å². The number of thioether (sulfide) groups is 1. The smallest absolute Gasteiger partial charge is 0.141 e. The standard InChI is InChI=1S/C15H24FN3S/c1-11-9-19(10-12(2)20-11)7-6-14(17-3)15-5-4-13(16)8-18-15/h4-5,8,11-12,14,17H,6-7,9-10H2,1-3H3. The first kappa shape index (κ1) is 15.7. The number of aromatic nitrogens is 1. The Labute approximate surface area is 125 Å². The van der Waals surface area contributed by atoms with E-state index in [9.17, 15) is 4.39 Å². The highest BCUT2D eigenvalue weighted by molar-refractivity contribution is 8.00. The van der Waals surface area contributed by atoms with Crippen molar-refractivity contribution in [3.63, 3.8) is 0 Å². The number of hydrogen-bond donors (Lipinski definition) is 1. The molecule has 0 spiro atoms. The number of halogens is 1. The van der Waals surface area contributed by atoms with Crippen LogP contribution in [0, 0.1) is 5.82 Å². The first-order chi connectivity index (χ1) is 9.58. The molecule has 1 aliphatic rings. The highest BCUT2D eigenvalue weighted by Crippen LogP contribution is 2.25. The van der Waals surface area contributed by atoms with Crippen LogP contribution in [0.3, 0.4) is 0 Å². The van der Waals surface area contributed by atoms with Crippen LogP contribution < -0.4 is 5.32 Å². The van der Waals surface area contributed by atoms with Gasteiger partial charge in [-0.25, -0.2) is 4.39 Å². The monoisotopic (exact) mass is 297 g/mol. The van der Waals surface area contributed by atoms with E-state index in [4.69, 9.17) is 0 Å². The molecule has 1 N–H and O–H groups in total. The Morgan fingerprint density at radius 3 is 2.65 bits per heavy atom. The van der Waals surface area contributed by atoms with Gasteiger partial charge in [0, 0.05) is 30.1 Å². The van der Waals surface area contributed by atoms with E-state index in [-0.39, 0.29) is 11.9 Å². The Balaban J connectivity index is 1.89. The average molecular weight is 297 g/mol. The predicted octanol–water partition coefficient (Wildman–Crippen LogP) is 2.70. The summed E-state index contributed by atoms with van der Waals surface area (Å²) in [5, 5.41) is 4.69. The lowest BCUT2D eigenvalue weighted by atomic mass is 10.1. The van der Waals surface area contributed by atoms with E-state index in [1.54, 1.807) is 6.07 Å². The summed E-state index contributed by atoms with van der Waals surface area (Å²) in [6.45, 7) is 7.96. The number of nitrogens with zero attached hydrogens (tertiary/aromatic N) is 2. The van der Waals surface area contributed by atoms with Gasteiger partial charge in [0.15, 0.2) is 0 Å². The van der Waals surface area contributed by atoms with Crippen molar-refractivity contribution in [2.24, 2.45) is 0 Å². The van der Waals surface area contributed by atoms with Gasteiger partial charge in [-0.2, -0.15) is 11.8 Å². The fourth-order valence-electron chi connectivity index (χ4n) is 2.81. The van der Waals surface area contributed by atoms with Gasteiger partial charge >= 0.3 is 0 Å². The Kier molecular flexibility index (Phi) is 5.81. The van der Waals surface area contributed by atoms with Crippen LogP contribution in [0.4, 0.5) is 4.39 Å².